The summed E-state index contributed by atoms with van der Waals surface area (Å²) in [6, 6.07) is 10.2. The first-order chi connectivity index (χ1) is 9.58. The maximum Gasteiger partial charge on any atom is 0.323 e. The number of nitrogens with one attached hydrogen (secondary N) is 2. The molecule has 6 heteroatoms. The maximum atomic E-state index is 13.0. The number of urea groups is 1. The van der Waals surface area contributed by atoms with Crippen molar-refractivity contribution in [3.05, 3.63) is 58.3 Å². The van der Waals surface area contributed by atoms with Crippen molar-refractivity contribution in [1.82, 2.24) is 0 Å². The Balaban J connectivity index is 2.10. The largest absolute Gasteiger partial charge is 0.392 e. The van der Waals surface area contributed by atoms with Crippen molar-refractivity contribution >= 4 is 33.3 Å². The number of benzene rings is 2. The van der Waals surface area contributed by atoms with Crippen LogP contribution < -0.4 is 10.6 Å². The average Bonchev–Trinajstić information content (AvgIpc) is 2.38. The van der Waals surface area contributed by atoms with Crippen LogP contribution >= 0.6 is 15.9 Å². The van der Waals surface area contributed by atoms with Crippen molar-refractivity contribution in [2.45, 2.75) is 6.61 Å². The summed E-state index contributed by atoms with van der Waals surface area (Å²) in [5.74, 6) is -0.429. The second-order valence-electron chi connectivity index (χ2n) is 4.05. The summed E-state index contributed by atoms with van der Waals surface area (Å²) in [5.41, 5.74) is 1.42. The first kappa shape index (κ1) is 14.5. The zero-order valence-corrected chi connectivity index (χ0v) is 11.9. The standard InChI is InChI=1S/C14H12BrFN2O2/c15-10-5-4-9(8-19)13(6-10)18-14(20)17-12-3-1-2-11(16)7-12/h1-7,19H,8H2,(H2,17,18,20). The molecule has 0 aromatic heterocycles. The van der Waals surface area contributed by atoms with E-state index in [9.17, 15) is 14.3 Å². The molecule has 0 fully saturated rings. The maximum absolute atomic E-state index is 13.0. The fourth-order valence-electron chi connectivity index (χ4n) is 1.65. The minimum absolute atomic E-state index is 0.192. The zero-order chi connectivity index (χ0) is 14.5. The highest BCUT2D eigenvalue weighted by atomic mass is 79.9. The third kappa shape index (κ3) is 3.79. The molecule has 0 saturated carbocycles. The number of aliphatic hydroxyl groups excluding tert-OH is 1. The number of hydrogen-bond donors (Lipinski definition) is 3. The molecule has 2 aromatic carbocycles. The van der Waals surface area contributed by atoms with Crippen LogP contribution in [0.2, 0.25) is 0 Å². The lowest BCUT2D eigenvalue weighted by atomic mass is 10.2. The molecule has 0 spiro atoms. The van der Waals surface area contributed by atoms with E-state index in [0.717, 1.165) is 4.47 Å². The van der Waals surface area contributed by atoms with Gasteiger partial charge >= 0.3 is 6.03 Å². The second-order valence-corrected chi connectivity index (χ2v) is 4.96. The highest BCUT2D eigenvalue weighted by Gasteiger charge is 2.07. The van der Waals surface area contributed by atoms with Crippen LogP contribution in [0, 0.1) is 5.82 Å². The Kier molecular flexibility index (Phi) is 4.70. The molecular weight excluding hydrogens is 327 g/mol. The van der Waals surface area contributed by atoms with E-state index in [1.54, 1.807) is 24.3 Å². The van der Waals surface area contributed by atoms with E-state index in [1.807, 2.05) is 0 Å². The van der Waals surface area contributed by atoms with Gasteiger partial charge in [0.2, 0.25) is 0 Å². The third-order valence-corrected chi connectivity index (χ3v) is 3.07. The van der Waals surface area contributed by atoms with Crippen LogP contribution in [0.5, 0.6) is 0 Å². The highest BCUT2D eigenvalue weighted by molar-refractivity contribution is 9.10. The molecule has 2 amide bonds. The molecule has 0 saturated heterocycles. The normalized spacial score (nSPS) is 10.2. The van der Waals surface area contributed by atoms with E-state index in [0.29, 0.717) is 16.9 Å². The molecule has 0 bridgehead atoms. The Hall–Kier alpha value is -1.92. The minimum atomic E-state index is -0.511. The number of carbonyl (C=O) groups is 1. The van der Waals surface area contributed by atoms with Gasteiger partial charge in [0.15, 0.2) is 0 Å². The van der Waals surface area contributed by atoms with Gasteiger partial charge in [-0.05, 0) is 30.3 Å². The number of aliphatic hydroxyl groups is 1. The van der Waals surface area contributed by atoms with E-state index in [1.165, 1.54) is 18.2 Å². The van der Waals surface area contributed by atoms with Gasteiger partial charge in [-0.2, -0.15) is 0 Å². The summed E-state index contributed by atoms with van der Waals surface area (Å²) in [6.07, 6.45) is 0. The molecule has 0 aliphatic rings. The van der Waals surface area contributed by atoms with Crippen LogP contribution in [0.25, 0.3) is 0 Å². The first-order valence-electron chi connectivity index (χ1n) is 5.81. The molecule has 0 atom stereocenters. The monoisotopic (exact) mass is 338 g/mol. The van der Waals surface area contributed by atoms with Gasteiger partial charge in [-0.15, -0.1) is 0 Å². The first-order valence-corrected chi connectivity index (χ1v) is 6.60. The Morgan fingerprint density at radius 1 is 1.20 bits per heavy atom. The molecule has 20 heavy (non-hydrogen) atoms. The van der Waals surface area contributed by atoms with E-state index < -0.39 is 11.8 Å². The van der Waals surface area contributed by atoms with Gasteiger partial charge in [0.1, 0.15) is 5.82 Å². The molecule has 0 heterocycles. The minimum Gasteiger partial charge on any atom is -0.392 e. The van der Waals surface area contributed by atoms with Gasteiger partial charge < -0.3 is 15.7 Å². The number of halogens is 2. The number of anilines is 2. The van der Waals surface area contributed by atoms with E-state index >= 15 is 0 Å². The molecule has 2 rings (SSSR count). The molecule has 0 aliphatic carbocycles. The van der Waals surface area contributed by atoms with E-state index in [4.69, 9.17) is 0 Å². The fourth-order valence-corrected chi connectivity index (χ4v) is 2.01. The van der Waals surface area contributed by atoms with Crippen molar-refractivity contribution in [3.8, 4) is 0 Å². The molecule has 2 aromatic rings. The third-order valence-electron chi connectivity index (χ3n) is 2.57. The Bertz CT molecular complexity index is 634. The van der Waals surface area contributed by atoms with Gasteiger partial charge in [0, 0.05) is 21.4 Å². The molecular formula is C14H12BrFN2O2. The van der Waals surface area contributed by atoms with E-state index in [-0.39, 0.29) is 6.61 Å². The van der Waals surface area contributed by atoms with E-state index in [2.05, 4.69) is 26.6 Å². The van der Waals surface area contributed by atoms with Gasteiger partial charge in [0.05, 0.1) is 6.61 Å². The number of amides is 2. The Morgan fingerprint density at radius 2 is 2.00 bits per heavy atom. The number of rotatable bonds is 3. The number of hydrogen-bond acceptors (Lipinski definition) is 2. The van der Waals surface area contributed by atoms with Gasteiger partial charge in [-0.25, -0.2) is 9.18 Å². The van der Waals surface area contributed by atoms with Crippen molar-refractivity contribution in [2.75, 3.05) is 10.6 Å². The smallest absolute Gasteiger partial charge is 0.323 e. The van der Waals surface area contributed by atoms with Crippen LogP contribution in [0.3, 0.4) is 0 Å². The van der Waals surface area contributed by atoms with Gasteiger partial charge in [-0.3, -0.25) is 0 Å². The lowest BCUT2D eigenvalue weighted by Gasteiger charge is -2.11. The molecule has 0 aliphatic heterocycles. The van der Waals surface area contributed by atoms with Crippen LogP contribution in [-0.4, -0.2) is 11.1 Å². The summed E-state index contributed by atoms with van der Waals surface area (Å²) in [4.78, 5) is 11.8. The molecule has 3 N–H and O–H groups in total. The topological polar surface area (TPSA) is 61.4 Å². The van der Waals surface area contributed by atoms with Crippen LogP contribution in [0.1, 0.15) is 5.56 Å². The summed E-state index contributed by atoms with van der Waals surface area (Å²) in [7, 11) is 0. The van der Waals surface area contributed by atoms with Crippen molar-refractivity contribution in [3.63, 3.8) is 0 Å². The van der Waals surface area contributed by atoms with Crippen molar-refractivity contribution < 1.29 is 14.3 Å². The summed E-state index contributed by atoms with van der Waals surface area (Å²) in [5, 5.41) is 14.3. The molecule has 104 valence electrons. The summed E-state index contributed by atoms with van der Waals surface area (Å²) >= 11 is 3.29. The highest BCUT2D eigenvalue weighted by Crippen LogP contribution is 2.22. The summed E-state index contributed by atoms with van der Waals surface area (Å²) in [6.45, 7) is -0.192. The van der Waals surface area contributed by atoms with Crippen molar-refractivity contribution in [2.24, 2.45) is 0 Å². The van der Waals surface area contributed by atoms with Crippen LogP contribution in [-0.2, 0) is 6.61 Å². The molecule has 4 nitrogen and oxygen atoms in total. The van der Waals surface area contributed by atoms with Gasteiger partial charge in [0.25, 0.3) is 0 Å². The summed E-state index contributed by atoms with van der Waals surface area (Å²) < 4.78 is 13.8. The zero-order valence-electron chi connectivity index (χ0n) is 10.4. The number of carbonyl (C=O) groups excluding carboxylic acids is 1. The Morgan fingerprint density at radius 3 is 2.70 bits per heavy atom. The predicted octanol–water partition coefficient (Wildman–Crippen LogP) is 3.72. The second kappa shape index (κ2) is 6.49. The van der Waals surface area contributed by atoms with Crippen molar-refractivity contribution in [1.29, 1.82) is 0 Å². The lowest BCUT2D eigenvalue weighted by Crippen LogP contribution is -2.20. The molecule has 0 unspecified atom stereocenters. The predicted molar refractivity (Wildman–Crippen MR) is 79.1 cm³/mol. The quantitative estimate of drug-likeness (QED) is 0.798. The van der Waals surface area contributed by atoms with Crippen LogP contribution in [0.15, 0.2) is 46.9 Å². The molecule has 0 radical (unpaired) electrons. The lowest BCUT2D eigenvalue weighted by molar-refractivity contribution is 0.262. The van der Waals surface area contributed by atoms with Crippen LogP contribution in [0.4, 0.5) is 20.6 Å². The fraction of sp³-hybridized carbons (Fsp3) is 0.0714. The van der Waals surface area contributed by atoms with Gasteiger partial charge in [-0.1, -0.05) is 28.1 Å². The Labute approximate surface area is 123 Å². The SMILES string of the molecule is O=C(Nc1cccc(F)c1)Nc1cc(Br)ccc1CO. The average molecular weight is 339 g/mol.